The number of aryl methyl sites for hydroxylation is 1. The molecule has 1 aromatic carbocycles. The summed E-state index contributed by atoms with van der Waals surface area (Å²) in [6, 6.07) is 8.46. The van der Waals surface area contributed by atoms with Gasteiger partial charge in [-0.1, -0.05) is 23.2 Å². The van der Waals surface area contributed by atoms with E-state index in [1.807, 2.05) is 6.92 Å². The van der Waals surface area contributed by atoms with Gasteiger partial charge in [-0.05, 0) is 37.3 Å². The quantitative estimate of drug-likeness (QED) is 0.781. The fourth-order valence-electron chi connectivity index (χ4n) is 1.75. The molecule has 0 spiro atoms. The van der Waals surface area contributed by atoms with Crippen LogP contribution in [0.2, 0.25) is 10.0 Å². The molecule has 0 radical (unpaired) electrons. The van der Waals surface area contributed by atoms with Gasteiger partial charge < -0.3 is 4.74 Å². The molecule has 0 N–H and O–H groups in total. The SMILES string of the molecule is COC(=O)c1cc(C)nc(-c2cc(Cl)cc(Cl)c2)c1. The Morgan fingerprint density at radius 2 is 1.74 bits per heavy atom. The fourth-order valence-corrected chi connectivity index (χ4v) is 2.28. The number of carbonyl (C=O) groups is 1. The maximum absolute atomic E-state index is 11.6. The van der Waals surface area contributed by atoms with Gasteiger partial charge in [-0.3, -0.25) is 4.98 Å². The number of halogens is 2. The van der Waals surface area contributed by atoms with Crippen LogP contribution in [0.4, 0.5) is 0 Å². The number of methoxy groups -OCH3 is 1. The lowest BCUT2D eigenvalue weighted by Crippen LogP contribution is -2.03. The molecule has 0 atom stereocenters. The van der Waals surface area contributed by atoms with Gasteiger partial charge in [0.05, 0.1) is 18.4 Å². The number of hydrogen-bond acceptors (Lipinski definition) is 3. The lowest BCUT2D eigenvalue weighted by molar-refractivity contribution is 0.0600. The number of esters is 1. The Hall–Kier alpha value is -1.58. The summed E-state index contributed by atoms with van der Waals surface area (Å²) in [5.41, 5.74) is 2.55. The molecule has 0 saturated carbocycles. The van der Waals surface area contributed by atoms with E-state index in [0.717, 1.165) is 5.56 Å². The third-order valence-electron chi connectivity index (χ3n) is 2.53. The molecule has 0 aliphatic rings. The molecule has 0 fully saturated rings. The number of ether oxygens (including phenoxy) is 1. The van der Waals surface area contributed by atoms with Gasteiger partial charge in [-0.15, -0.1) is 0 Å². The van der Waals surface area contributed by atoms with E-state index < -0.39 is 5.97 Å². The van der Waals surface area contributed by atoms with Crippen LogP contribution in [0.15, 0.2) is 30.3 Å². The molecule has 1 aromatic heterocycles. The van der Waals surface area contributed by atoms with Crippen LogP contribution in [-0.2, 0) is 4.74 Å². The van der Waals surface area contributed by atoms with Crippen LogP contribution in [0.5, 0.6) is 0 Å². The van der Waals surface area contributed by atoms with Gasteiger partial charge in [0.2, 0.25) is 0 Å². The van der Waals surface area contributed by atoms with Crippen molar-refractivity contribution in [2.75, 3.05) is 7.11 Å². The van der Waals surface area contributed by atoms with E-state index in [-0.39, 0.29) is 0 Å². The summed E-state index contributed by atoms with van der Waals surface area (Å²) in [7, 11) is 1.34. The Labute approximate surface area is 121 Å². The molecule has 2 aromatic rings. The van der Waals surface area contributed by atoms with E-state index in [2.05, 4.69) is 4.98 Å². The molecule has 0 aliphatic heterocycles. The highest BCUT2D eigenvalue weighted by Crippen LogP contribution is 2.27. The summed E-state index contributed by atoms with van der Waals surface area (Å²) in [6.07, 6.45) is 0. The Kier molecular flexibility index (Phi) is 4.08. The minimum Gasteiger partial charge on any atom is -0.465 e. The van der Waals surface area contributed by atoms with E-state index in [0.29, 0.717) is 27.0 Å². The summed E-state index contributed by atoms with van der Waals surface area (Å²) in [6.45, 7) is 1.81. The Balaban J connectivity index is 2.55. The van der Waals surface area contributed by atoms with Crippen LogP contribution >= 0.6 is 23.2 Å². The van der Waals surface area contributed by atoms with E-state index in [4.69, 9.17) is 27.9 Å². The number of hydrogen-bond donors (Lipinski definition) is 0. The van der Waals surface area contributed by atoms with Crippen molar-refractivity contribution in [1.29, 1.82) is 0 Å². The van der Waals surface area contributed by atoms with E-state index in [1.165, 1.54) is 7.11 Å². The minimum absolute atomic E-state index is 0.403. The van der Waals surface area contributed by atoms with Gasteiger partial charge in [0.25, 0.3) is 0 Å². The summed E-state index contributed by atoms with van der Waals surface area (Å²) >= 11 is 11.9. The van der Waals surface area contributed by atoms with Gasteiger partial charge >= 0.3 is 5.97 Å². The molecule has 0 unspecified atom stereocenters. The molecule has 5 heteroatoms. The van der Waals surface area contributed by atoms with Crippen LogP contribution < -0.4 is 0 Å². The van der Waals surface area contributed by atoms with Crippen molar-refractivity contribution in [2.24, 2.45) is 0 Å². The standard InChI is InChI=1S/C14H11Cl2NO2/c1-8-3-10(14(18)19-2)6-13(17-8)9-4-11(15)7-12(16)5-9/h3-7H,1-2H3. The highest BCUT2D eigenvalue weighted by molar-refractivity contribution is 6.35. The first-order chi connectivity index (χ1) is 8.99. The first-order valence-corrected chi connectivity index (χ1v) is 6.28. The molecule has 0 amide bonds. The van der Waals surface area contributed by atoms with Crippen molar-refractivity contribution in [3.63, 3.8) is 0 Å². The van der Waals surface area contributed by atoms with Crippen molar-refractivity contribution < 1.29 is 9.53 Å². The first kappa shape index (κ1) is 13.8. The van der Waals surface area contributed by atoms with Crippen molar-refractivity contribution in [3.05, 3.63) is 51.6 Å². The fraction of sp³-hybridized carbons (Fsp3) is 0.143. The molecular formula is C14H11Cl2NO2. The molecule has 2 rings (SSSR count). The maximum Gasteiger partial charge on any atom is 0.337 e. The van der Waals surface area contributed by atoms with E-state index in [1.54, 1.807) is 30.3 Å². The first-order valence-electron chi connectivity index (χ1n) is 5.53. The highest BCUT2D eigenvalue weighted by Gasteiger charge is 2.10. The lowest BCUT2D eigenvalue weighted by atomic mass is 10.1. The topological polar surface area (TPSA) is 39.2 Å². The number of aromatic nitrogens is 1. The zero-order valence-electron chi connectivity index (χ0n) is 10.4. The highest BCUT2D eigenvalue weighted by atomic mass is 35.5. The van der Waals surface area contributed by atoms with Gasteiger partial charge in [0, 0.05) is 21.3 Å². The van der Waals surface area contributed by atoms with E-state index >= 15 is 0 Å². The van der Waals surface area contributed by atoms with Crippen molar-refractivity contribution in [3.8, 4) is 11.3 Å². The Bertz CT molecular complexity index is 621. The van der Waals surface area contributed by atoms with Crippen molar-refractivity contribution >= 4 is 29.2 Å². The number of nitrogens with zero attached hydrogens (tertiary/aromatic N) is 1. The van der Waals surface area contributed by atoms with Crippen LogP contribution in [-0.4, -0.2) is 18.1 Å². The minimum atomic E-state index is -0.403. The van der Waals surface area contributed by atoms with Gasteiger partial charge in [0.1, 0.15) is 0 Å². The number of pyridine rings is 1. The third-order valence-corrected chi connectivity index (χ3v) is 2.97. The molecule has 19 heavy (non-hydrogen) atoms. The average molecular weight is 296 g/mol. The van der Waals surface area contributed by atoms with E-state index in [9.17, 15) is 4.79 Å². The van der Waals surface area contributed by atoms with Crippen LogP contribution in [0, 0.1) is 6.92 Å². The van der Waals surface area contributed by atoms with Crippen molar-refractivity contribution in [2.45, 2.75) is 6.92 Å². The zero-order valence-corrected chi connectivity index (χ0v) is 11.9. The summed E-state index contributed by atoms with van der Waals surface area (Å²) in [5, 5.41) is 1.04. The van der Waals surface area contributed by atoms with Gasteiger partial charge in [0.15, 0.2) is 0 Å². The lowest BCUT2D eigenvalue weighted by Gasteiger charge is -2.07. The maximum atomic E-state index is 11.6. The Morgan fingerprint density at radius 3 is 2.32 bits per heavy atom. The molecule has 0 saturated heterocycles. The summed E-state index contributed by atoms with van der Waals surface area (Å²) < 4.78 is 4.71. The molecule has 3 nitrogen and oxygen atoms in total. The second-order valence-electron chi connectivity index (χ2n) is 4.03. The molecule has 0 aliphatic carbocycles. The molecular weight excluding hydrogens is 285 g/mol. The average Bonchev–Trinajstić information content (AvgIpc) is 2.36. The predicted molar refractivity (Wildman–Crippen MR) is 75.8 cm³/mol. The summed E-state index contributed by atoms with van der Waals surface area (Å²) in [5.74, 6) is -0.403. The molecule has 0 bridgehead atoms. The normalized spacial score (nSPS) is 10.3. The third kappa shape index (κ3) is 3.25. The van der Waals surface area contributed by atoms with Crippen LogP contribution in [0.25, 0.3) is 11.3 Å². The van der Waals surface area contributed by atoms with Crippen LogP contribution in [0.3, 0.4) is 0 Å². The number of carbonyl (C=O) groups excluding carboxylic acids is 1. The predicted octanol–water partition coefficient (Wildman–Crippen LogP) is 4.15. The van der Waals surface area contributed by atoms with Crippen molar-refractivity contribution in [1.82, 2.24) is 4.98 Å². The summed E-state index contributed by atoms with van der Waals surface area (Å²) in [4.78, 5) is 16.0. The smallest absolute Gasteiger partial charge is 0.337 e. The monoisotopic (exact) mass is 295 g/mol. The number of rotatable bonds is 2. The largest absolute Gasteiger partial charge is 0.465 e. The molecule has 98 valence electrons. The Morgan fingerprint density at radius 1 is 1.11 bits per heavy atom. The second kappa shape index (κ2) is 5.59. The molecule has 1 heterocycles. The number of benzene rings is 1. The van der Waals surface area contributed by atoms with Crippen LogP contribution in [0.1, 0.15) is 16.1 Å². The van der Waals surface area contributed by atoms with Gasteiger partial charge in [-0.2, -0.15) is 0 Å². The van der Waals surface area contributed by atoms with Gasteiger partial charge in [-0.25, -0.2) is 4.79 Å². The second-order valence-corrected chi connectivity index (χ2v) is 4.91. The zero-order chi connectivity index (χ0) is 14.0.